The van der Waals surface area contributed by atoms with Crippen molar-refractivity contribution in [3.63, 3.8) is 0 Å². The fraction of sp³-hybridized carbons (Fsp3) is 0.333. The average molecular weight is 197 g/mol. The van der Waals surface area contributed by atoms with Gasteiger partial charge in [-0.2, -0.15) is 0 Å². The van der Waals surface area contributed by atoms with E-state index in [0.717, 1.165) is 11.3 Å². The Bertz CT molecular complexity index is 325. The Hall–Kier alpha value is -1.03. The van der Waals surface area contributed by atoms with Gasteiger partial charge in [-0.1, -0.05) is 6.92 Å². The lowest BCUT2D eigenvalue weighted by Gasteiger charge is -2.05. The van der Waals surface area contributed by atoms with E-state index in [1.807, 2.05) is 6.92 Å². The minimum absolute atomic E-state index is 0.328. The number of aryl methyl sites for hydroxylation is 1. The topological polar surface area (TPSA) is 50.2 Å². The van der Waals surface area contributed by atoms with Gasteiger partial charge in [-0.3, -0.25) is 0 Å². The number of carbonyl (C=O) groups is 1. The summed E-state index contributed by atoms with van der Waals surface area (Å²) in [6.45, 7) is 3.76. The quantitative estimate of drug-likeness (QED) is 0.755. The number of pyridine rings is 1. The van der Waals surface area contributed by atoms with Gasteiger partial charge in [0.1, 0.15) is 5.03 Å². The van der Waals surface area contributed by atoms with Crippen LogP contribution in [0.2, 0.25) is 0 Å². The number of thioether (sulfide) groups is 1. The van der Waals surface area contributed by atoms with Gasteiger partial charge in [0.05, 0.1) is 5.56 Å². The number of hydrogen-bond donors (Lipinski definition) is 1. The van der Waals surface area contributed by atoms with Crippen molar-refractivity contribution in [2.45, 2.75) is 18.9 Å². The molecule has 0 spiro atoms. The first-order valence-corrected chi connectivity index (χ1v) is 4.97. The van der Waals surface area contributed by atoms with E-state index in [9.17, 15) is 4.79 Å². The lowest BCUT2D eigenvalue weighted by Crippen LogP contribution is -2.03. The standard InChI is InChI=1S/C9H11NO2S/c1-3-13-8-7(9(11)12)6(2)4-5-10-8/h4-5H,3H2,1-2H3,(H,11,12). The summed E-state index contributed by atoms with van der Waals surface area (Å²) in [7, 11) is 0. The molecule has 4 heteroatoms. The van der Waals surface area contributed by atoms with Gasteiger partial charge < -0.3 is 5.11 Å². The van der Waals surface area contributed by atoms with Crippen LogP contribution >= 0.6 is 11.8 Å². The van der Waals surface area contributed by atoms with Gasteiger partial charge in [0.2, 0.25) is 0 Å². The summed E-state index contributed by atoms with van der Waals surface area (Å²) in [4.78, 5) is 14.9. The third kappa shape index (κ3) is 2.21. The molecule has 0 saturated heterocycles. The minimum atomic E-state index is -0.901. The van der Waals surface area contributed by atoms with Crippen LogP contribution in [-0.2, 0) is 0 Å². The van der Waals surface area contributed by atoms with E-state index >= 15 is 0 Å². The Balaban J connectivity index is 3.17. The summed E-state index contributed by atoms with van der Waals surface area (Å²) < 4.78 is 0. The predicted octanol–water partition coefficient (Wildman–Crippen LogP) is 2.20. The SMILES string of the molecule is CCSc1nccc(C)c1C(=O)O. The normalized spacial score (nSPS) is 10.0. The number of carboxylic acid groups (broad SMARTS) is 1. The van der Waals surface area contributed by atoms with E-state index in [1.165, 1.54) is 11.8 Å². The molecule has 0 bridgehead atoms. The van der Waals surface area contributed by atoms with Crippen LogP contribution in [0.15, 0.2) is 17.3 Å². The first-order chi connectivity index (χ1) is 6.16. The highest BCUT2D eigenvalue weighted by molar-refractivity contribution is 7.99. The molecule has 0 amide bonds. The molecule has 3 nitrogen and oxygen atoms in total. The van der Waals surface area contributed by atoms with Gasteiger partial charge in [0, 0.05) is 6.20 Å². The van der Waals surface area contributed by atoms with Crippen LogP contribution in [0, 0.1) is 6.92 Å². The maximum Gasteiger partial charge on any atom is 0.338 e. The van der Waals surface area contributed by atoms with E-state index in [2.05, 4.69) is 4.98 Å². The number of nitrogens with zero attached hydrogens (tertiary/aromatic N) is 1. The van der Waals surface area contributed by atoms with E-state index < -0.39 is 5.97 Å². The smallest absolute Gasteiger partial charge is 0.338 e. The second-order valence-corrected chi connectivity index (χ2v) is 3.80. The number of aromatic nitrogens is 1. The summed E-state index contributed by atoms with van der Waals surface area (Å²) in [5.74, 6) is -0.0713. The van der Waals surface area contributed by atoms with E-state index in [0.29, 0.717) is 10.6 Å². The molecule has 1 rings (SSSR count). The molecule has 1 aromatic rings. The first-order valence-electron chi connectivity index (χ1n) is 3.98. The van der Waals surface area contributed by atoms with E-state index in [4.69, 9.17) is 5.11 Å². The fourth-order valence-electron chi connectivity index (χ4n) is 1.04. The van der Waals surface area contributed by atoms with Crippen LogP contribution in [0.5, 0.6) is 0 Å². The predicted molar refractivity (Wildman–Crippen MR) is 52.3 cm³/mol. The molecule has 0 unspecified atom stereocenters. The molecule has 1 heterocycles. The van der Waals surface area contributed by atoms with Crippen molar-refractivity contribution < 1.29 is 9.90 Å². The third-order valence-electron chi connectivity index (χ3n) is 1.62. The zero-order chi connectivity index (χ0) is 9.84. The van der Waals surface area contributed by atoms with Crippen molar-refractivity contribution in [1.82, 2.24) is 4.98 Å². The molecule has 0 saturated carbocycles. The van der Waals surface area contributed by atoms with Crippen molar-refractivity contribution in [2.75, 3.05) is 5.75 Å². The van der Waals surface area contributed by atoms with Gasteiger partial charge in [0.25, 0.3) is 0 Å². The summed E-state index contributed by atoms with van der Waals surface area (Å²) >= 11 is 1.45. The minimum Gasteiger partial charge on any atom is -0.478 e. The number of hydrogen-bond acceptors (Lipinski definition) is 3. The van der Waals surface area contributed by atoms with Crippen molar-refractivity contribution in [2.24, 2.45) is 0 Å². The van der Waals surface area contributed by atoms with Crippen LogP contribution in [0.4, 0.5) is 0 Å². The first kappa shape index (κ1) is 10.1. The Kier molecular flexibility index (Phi) is 3.31. The Morgan fingerprint density at radius 1 is 1.69 bits per heavy atom. The third-order valence-corrected chi connectivity index (χ3v) is 2.49. The fourth-order valence-corrected chi connectivity index (χ4v) is 1.84. The molecule has 1 N–H and O–H groups in total. The van der Waals surface area contributed by atoms with Gasteiger partial charge in [-0.25, -0.2) is 9.78 Å². The molecule has 70 valence electrons. The highest BCUT2D eigenvalue weighted by Gasteiger charge is 2.13. The molecule has 0 aliphatic carbocycles. The number of carboxylic acids is 1. The van der Waals surface area contributed by atoms with E-state index in [-0.39, 0.29) is 0 Å². The maximum absolute atomic E-state index is 10.9. The largest absolute Gasteiger partial charge is 0.478 e. The van der Waals surface area contributed by atoms with Crippen LogP contribution in [0.25, 0.3) is 0 Å². The Morgan fingerprint density at radius 3 is 2.92 bits per heavy atom. The summed E-state index contributed by atoms with van der Waals surface area (Å²) in [6.07, 6.45) is 1.64. The second kappa shape index (κ2) is 4.28. The molecular weight excluding hydrogens is 186 g/mol. The molecule has 0 fully saturated rings. The maximum atomic E-state index is 10.9. The van der Waals surface area contributed by atoms with Crippen molar-refractivity contribution in [3.8, 4) is 0 Å². The monoisotopic (exact) mass is 197 g/mol. The van der Waals surface area contributed by atoms with Crippen LogP contribution < -0.4 is 0 Å². The summed E-state index contributed by atoms with van der Waals surface area (Å²) in [5, 5.41) is 9.53. The van der Waals surface area contributed by atoms with Gasteiger partial charge >= 0.3 is 5.97 Å². The Morgan fingerprint density at radius 2 is 2.38 bits per heavy atom. The molecule has 13 heavy (non-hydrogen) atoms. The van der Waals surface area contributed by atoms with Crippen LogP contribution in [0.3, 0.4) is 0 Å². The van der Waals surface area contributed by atoms with Crippen LogP contribution in [-0.4, -0.2) is 21.8 Å². The molecule has 0 aliphatic heterocycles. The summed E-state index contributed by atoms with van der Waals surface area (Å²) in [5.41, 5.74) is 1.09. The van der Waals surface area contributed by atoms with Crippen LogP contribution in [0.1, 0.15) is 22.8 Å². The Labute approximate surface area is 81.2 Å². The van der Waals surface area contributed by atoms with Crippen molar-refractivity contribution in [1.29, 1.82) is 0 Å². The lowest BCUT2D eigenvalue weighted by molar-refractivity contribution is 0.0691. The number of rotatable bonds is 3. The lowest BCUT2D eigenvalue weighted by atomic mass is 10.2. The molecule has 0 radical (unpaired) electrons. The average Bonchev–Trinajstić information content (AvgIpc) is 2.04. The molecule has 1 aromatic heterocycles. The zero-order valence-electron chi connectivity index (χ0n) is 7.57. The van der Waals surface area contributed by atoms with Crippen molar-refractivity contribution >= 4 is 17.7 Å². The number of aromatic carboxylic acids is 1. The van der Waals surface area contributed by atoms with Crippen molar-refractivity contribution in [3.05, 3.63) is 23.4 Å². The van der Waals surface area contributed by atoms with Gasteiger partial charge in [-0.05, 0) is 24.3 Å². The second-order valence-electron chi connectivity index (χ2n) is 2.55. The zero-order valence-corrected chi connectivity index (χ0v) is 8.39. The molecule has 0 atom stereocenters. The van der Waals surface area contributed by atoms with Gasteiger partial charge in [0.15, 0.2) is 0 Å². The molecule has 0 aliphatic rings. The molecular formula is C9H11NO2S. The highest BCUT2D eigenvalue weighted by atomic mass is 32.2. The van der Waals surface area contributed by atoms with Gasteiger partial charge in [-0.15, -0.1) is 11.8 Å². The molecule has 0 aromatic carbocycles. The summed E-state index contributed by atoms with van der Waals surface area (Å²) in [6, 6.07) is 1.71. The van der Waals surface area contributed by atoms with E-state index in [1.54, 1.807) is 19.2 Å². The highest BCUT2D eigenvalue weighted by Crippen LogP contribution is 2.22.